The number of hydrogen-bond acceptors (Lipinski definition) is 5. The van der Waals surface area contributed by atoms with Crippen LogP contribution in [0.25, 0.3) is 0 Å². The van der Waals surface area contributed by atoms with Crippen molar-refractivity contribution >= 4 is 11.9 Å². The largest absolute Gasteiger partial charge is 0.393 e. The van der Waals surface area contributed by atoms with E-state index in [4.69, 9.17) is 0 Å². The zero-order chi connectivity index (χ0) is 16.6. The van der Waals surface area contributed by atoms with Crippen molar-refractivity contribution in [2.24, 2.45) is 0 Å². The normalized spacial score (nSPS) is 9.30. The Labute approximate surface area is 125 Å². The van der Waals surface area contributed by atoms with Crippen LogP contribution in [0.3, 0.4) is 0 Å². The molecule has 0 heterocycles. The molecule has 5 nitrogen and oxygen atoms in total. The molecule has 0 saturated heterocycles. The molecule has 0 aromatic rings. The lowest BCUT2D eigenvalue weighted by molar-refractivity contribution is -0.159. The molecule has 20 heavy (non-hydrogen) atoms. The summed E-state index contributed by atoms with van der Waals surface area (Å²) < 4.78 is 4.51. The molecule has 0 spiro atoms. The van der Waals surface area contributed by atoms with Gasteiger partial charge in [-0.1, -0.05) is 20.3 Å². The van der Waals surface area contributed by atoms with Crippen molar-refractivity contribution < 1.29 is 14.3 Å². The molecule has 0 unspecified atom stereocenters. The third-order valence-corrected chi connectivity index (χ3v) is 1.42. The number of carbonyl (C=O) groups is 2. The van der Waals surface area contributed by atoms with E-state index in [1.807, 2.05) is 65.9 Å². The quantitative estimate of drug-likeness (QED) is 0.575. The molecule has 0 aliphatic carbocycles. The van der Waals surface area contributed by atoms with Crippen LogP contribution in [0.5, 0.6) is 0 Å². The lowest BCUT2D eigenvalue weighted by Crippen LogP contribution is -2.11. The van der Waals surface area contributed by atoms with Crippen LogP contribution in [-0.2, 0) is 14.3 Å². The molecule has 0 bridgehead atoms. The Hall–Kier alpha value is -0.940. The number of esters is 2. The molecule has 0 atom stereocenters. The van der Waals surface area contributed by atoms with Crippen LogP contribution in [-0.4, -0.2) is 64.0 Å². The van der Waals surface area contributed by atoms with Crippen LogP contribution in [0, 0.1) is 0 Å². The molecule has 0 N–H and O–H groups in total. The fraction of sp³-hybridized carbons (Fsp3) is 0.867. The van der Waals surface area contributed by atoms with Gasteiger partial charge in [-0.3, -0.25) is 9.59 Å². The summed E-state index contributed by atoms with van der Waals surface area (Å²) in [5, 5.41) is 0. The molecule has 0 aromatic carbocycles. The van der Waals surface area contributed by atoms with Gasteiger partial charge in [0.1, 0.15) is 0 Å². The molecule has 0 aliphatic rings. The van der Waals surface area contributed by atoms with E-state index in [-0.39, 0.29) is 0 Å². The summed E-state index contributed by atoms with van der Waals surface area (Å²) in [7, 11) is 12.0. The Morgan fingerprint density at radius 1 is 0.750 bits per heavy atom. The van der Waals surface area contributed by atoms with Crippen molar-refractivity contribution in [2.75, 3.05) is 42.3 Å². The van der Waals surface area contributed by atoms with Crippen molar-refractivity contribution in [3.05, 3.63) is 0 Å². The monoisotopic (exact) mass is 290 g/mol. The zero-order valence-electron chi connectivity index (χ0n) is 14.7. The van der Waals surface area contributed by atoms with Gasteiger partial charge in [-0.25, -0.2) is 0 Å². The molecule has 0 saturated carbocycles. The van der Waals surface area contributed by atoms with Crippen LogP contribution >= 0.6 is 0 Å². The lowest BCUT2D eigenvalue weighted by atomic mass is 10.2. The second-order valence-corrected chi connectivity index (χ2v) is 5.38. The Bertz CT molecular complexity index is 218. The molecule has 122 valence electrons. The minimum absolute atomic E-state index is 0.331. The molecule has 0 aliphatic heterocycles. The van der Waals surface area contributed by atoms with Crippen molar-refractivity contribution in [3.63, 3.8) is 0 Å². The number of unbranched alkanes of at least 4 members (excludes halogenated alkanes) is 1. The summed E-state index contributed by atoms with van der Waals surface area (Å²) in [6.45, 7) is 3.86. The van der Waals surface area contributed by atoms with Gasteiger partial charge >= 0.3 is 11.9 Å². The highest BCUT2D eigenvalue weighted by molar-refractivity contribution is 5.85. The fourth-order valence-electron chi connectivity index (χ4n) is 0.754. The first-order chi connectivity index (χ1) is 9.17. The van der Waals surface area contributed by atoms with Crippen molar-refractivity contribution in [2.45, 2.75) is 46.0 Å². The predicted octanol–water partition coefficient (Wildman–Crippen LogP) is 2.40. The Balaban J connectivity index is -0.000000297. The minimum Gasteiger partial charge on any atom is -0.393 e. The fourth-order valence-corrected chi connectivity index (χ4v) is 0.754. The summed E-state index contributed by atoms with van der Waals surface area (Å²) in [4.78, 5) is 25.6. The standard InChI is InChI=1S/C9H16O3.2C3H9N/c1-3-5-7-9(11)12-8(10)6-4-2;2*1-4(2)3/h3-7H2,1-2H3;2*1-3H3. The first-order valence-corrected chi connectivity index (χ1v) is 7.12. The molecule has 0 rings (SSSR count). The molecular formula is C15H34N2O3. The van der Waals surface area contributed by atoms with E-state index < -0.39 is 11.9 Å². The molecule has 0 radical (unpaired) electrons. The van der Waals surface area contributed by atoms with Gasteiger partial charge < -0.3 is 14.5 Å². The van der Waals surface area contributed by atoms with E-state index in [1.54, 1.807) is 0 Å². The Kier molecular flexibility index (Phi) is 21.8. The van der Waals surface area contributed by atoms with Crippen LogP contribution in [0.2, 0.25) is 0 Å². The van der Waals surface area contributed by atoms with Gasteiger partial charge in [-0.05, 0) is 55.1 Å². The lowest BCUT2D eigenvalue weighted by Gasteiger charge is -2.00. The molecule has 0 fully saturated rings. The molecule has 0 amide bonds. The van der Waals surface area contributed by atoms with Crippen molar-refractivity contribution in [1.29, 1.82) is 0 Å². The Morgan fingerprint density at radius 2 is 1.10 bits per heavy atom. The van der Waals surface area contributed by atoms with Gasteiger partial charge in [0.2, 0.25) is 0 Å². The van der Waals surface area contributed by atoms with Crippen LogP contribution in [0.1, 0.15) is 46.0 Å². The van der Waals surface area contributed by atoms with Gasteiger partial charge in [-0.15, -0.1) is 0 Å². The van der Waals surface area contributed by atoms with Crippen molar-refractivity contribution in [1.82, 2.24) is 9.80 Å². The smallest absolute Gasteiger partial charge is 0.313 e. The molecule has 0 aromatic heterocycles. The van der Waals surface area contributed by atoms with Crippen LogP contribution in [0.4, 0.5) is 0 Å². The third kappa shape index (κ3) is 43.5. The highest BCUT2D eigenvalue weighted by atomic mass is 16.6. The van der Waals surface area contributed by atoms with Crippen LogP contribution < -0.4 is 0 Å². The van der Waals surface area contributed by atoms with Gasteiger partial charge in [0.25, 0.3) is 0 Å². The number of rotatable bonds is 5. The predicted molar refractivity (Wildman–Crippen MR) is 84.8 cm³/mol. The Morgan fingerprint density at radius 3 is 1.40 bits per heavy atom. The van der Waals surface area contributed by atoms with E-state index in [0.29, 0.717) is 12.8 Å². The number of nitrogens with zero attached hydrogens (tertiary/aromatic N) is 2. The second kappa shape index (κ2) is 18.1. The minimum atomic E-state index is -0.404. The highest BCUT2D eigenvalue weighted by Crippen LogP contribution is 1.99. The van der Waals surface area contributed by atoms with Gasteiger partial charge in [0, 0.05) is 12.8 Å². The number of hydrogen-bond donors (Lipinski definition) is 0. The summed E-state index contributed by atoms with van der Waals surface area (Å²) in [6.07, 6.45) is 3.14. The van der Waals surface area contributed by atoms with E-state index in [1.165, 1.54) is 0 Å². The number of ether oxygens (including phenoxy) is 1. The highest BCUT2D eigenvalue weighted by Gasteiger charge is 2.07. The summed E-state index contributed by atoms with van der Waals surface area (Å²) in [6, 6.07) is 0. The topological polar surface area (TPSA) is 49.9 Å². The average molecular weight is 290 g/mol. The van der Waals surface area contributed by atoms with E-state index in [0.717, 1.165) is 19.3 Å². The molecular weight excluding hydrogens is 256 g/mol. The van der Waals surface area contributed by atoms with E-state index >= 15 is 0 Å². The van der Waals surface area contributed by atoms with Crippen molar-refractivity contribution in [3.8, 4) is 0 Å². The first kappa shape index (κ1) is 24.1. The van der Waals surface area contributed by atoms with E-state index in [9.17, 15) is 9.59 Å². The maximum atomic E-state index is 10.8. The summed E-state index contributed by atoms with van der Waals surface area (Å²) in [5.74, 6) is -0.797. The maximum Gasteiger partial charge on any atom is 0.313 e. The molecule has 5 heteroatoms. The van der Waals surface area contributed by atoms with Gasteiger partial charge in [-0.2, -0.15) is 0 Å². The maximum absolute atomic E-state index is 10.8. The first-order valence-electron chi connectivity index (χ1n) is 7.12. The van der Waals surface area contributed by atoms with Gasteiger partial charge in [0.15, 0.2) is 0 Å². The van der Waals surface area contributed by atoms with Crippen LogP contribution in [0.15, 0.2) is 0 Å². The summed E-state index contributed by atoms with van der Waals surface area (Å²) in [5.41, 5.74) is 0. The number of carbonyl (C=O) groups excluding carboxylic acids is 2. The zero-order valence-corrected chi connectivity index (χ0v) is 14.7. The SMILES string of the molecule is CCCCC(=O)OC(=O)CCC.CN(C)C.CN(C)C. The summed E-state index contributed by atoms with van der Waals surface area (Å²) >= 11 is 0. The average Bonchev–Trinajstić information content (AvgIpc) is 2.25. The van der Waals surface area contributed by atoms with E-state index in [2.05, 4.69) is 4.74 Å². The second-order valence-electron chi connectivity index (χ2n) is 5.38. The van der Waals surface area contributed by atoms with Gasteiger partial charge in [0.05, 0.1) is 0 Å². The third-order valence-electron chi connectivity index (χ3n) is 1.42.